The van der Waals surface area contributed by atoms with Crippen molar-refractivity contribution < 1.29 is 19.5 Å². The second-order valence-electron chi connectivity index (χ2n) is 6.26. The average molecular weight is 376 g/mol. The SMILES string of the molecule is CC1(C(=O)NO)CN(Cc2ccc(Oc3ccc(Cl)cc3)cc2)C(=O)N1. The number of nitrogens with one attached hydrogen (secondary N) is 2. The summed E-state index contributed by atoms with van der Waals surface area (Å²) in [5, 5.41) is 12.0. The van der Waals surface area contributed by atoms with Crippen LogP contribution in [0.5, 0.6) is 11.5 Å². The molecule has 1 unspecified atom stereocenters. The van der Waals surface area contributed by atoms with E-state index in [2.05, 4.69) is 5.32 Å². The normalized spacial score (nSPS) is 19.2. The number of carbonyl (C=O) groups excluding carboxylic acids is 2. The summed E-state index contributed by atoms with van der Waals surface area (Å²) in [6.07, 6.45) is 0. The lowest BCUT2D eigenvalue weighted by molar-refractivity contribution is -0.134. The van der Waals surface area contributed by atoms with E-state index in [-0.39, 0.29) is 12.6 Å². The maximum Gasteiger partial charge on any atom is 0.318 e. The standard InChI is InChI=1S/C18H18ClN3O4/c1-18(16(23)21-25)11-22(17(24)20-18)10-12-2-6-14(7-3-12)26-15-8-4-13(19)5-9-15/h2-9,25H,10-11H2,1H3,(H,20,24)(H,21,23). The van der Waals surface area contributed by atoms with Crippen molar-refractivity contribution >= 4 is 23.5 Å². The molecule has 7 nitrogen and oxygen atoms in total. The van der Waals surface area contributed by atoms with Crippen LogP contribution in [0.15, 0.2) is 48.5 Å². The molecule has 1 aliphatic heterocycles. The second kappa shape index (κ2) is 7.23. The number of hydrogen-bond donors (Lipinski definition) is 3. The molecule has 1 fully saturated rings. The largest absolute Gasteiger partial charge is 0.457 e. The summed E-state index contributed by atoms with van der Waals surface area (Å²) in [7, 11) is 0. The van der Waals surface area contributed by atoms with Gasteiger partial charge in [0.25, 0.3) is 5.91 Å². The smallest absolute Gasteiger partial charge is 0.318 e. The first-order valence-electron chi connectivity index (χ1n) is 7.93. The second-order valence-corrected chi connectivity index (χ2v) is 6.70. The third-order valence-electron chi connectivity index (χ3n) is 4.13. The molecule has 0 aromatic heterocycles. The van der Waals surface area contributed by atoms with Gasteiger partial charge in [0.2, 0.25) is 0 Å². The number of rotatable bonds is 5. The van der Waals surface area contributed by atoms with E-state index in [9.17, 15) is 9.59 Å². The molecular formula is C18H18ClN3O4. The Kier molecular flexibility index (Phi) is 5.01. The van der Waals surface area contributed by atoms with E-state index in [1.54, 1.807) is 48.8 Å². The van der Waals surface area contributed by atoms with Crippen molar-refractivity contribution in [3.63, 3.8) is 0 Å². The summed E-state index contributed by atoms with van der Waals surface area (Å²) in [5.41, 5.74) is 1.30. The van der Waals surface area contributed by atoms with Gasteiger partial charge in [0.1, 0.15) is 17.0 Å². The minimum absolute atomic E-state index is 0.154. The van der Waals surface area contributed by atoms with Crippen LogP contribution in [0.2, 0.25) is 5.02 Å². The summed E-state index contributed by atoms with van der Waals surface area (Å²) in [6.45, 7) is 2.04. The van der Waals surface area contributed by atoms with Gasteiger partial charge in [-0.1, -0.05) is 23.7 Å². The van der Waals surface area contributed by atoms with Crippen LogP contribution in [-0.4, -0.2) is 34.1 Å². The maximum absolute atomic E-state index is 12.1. The molecule has 2 aromatic rings. The van der Waals surface area contributed by atoms with Crippen molar-refractivity contribution in [3.8, 4) is 11.5 Å². The molecule has 3 amide bonds. The first kappa shape index (κ1) is 18.0. The third kappa shape index (κ3) is 3.89. The lowest BCUT2D eigenvalue weighted by Gasteiger charge is -2.20. The number of hydroxylamine groups is 1. The predicted octanol–water partition coefficient (Wildman–Crippen LogP) is 2.92. The molecule has 3 rings (SSSR count). The van der Waals surface area contributed by atoms with Crippen molar-refractivity contribution in [1.29, 1.82) is 0 Å². The minimum Gasteiger partial charge on any atom is -0.457 e. The highest BCUT2D eigenvalue weighted by atomic mass is 35.5. The summed E-state index contributed by atoms with van der Waals surface area (Å²) >= 11 is 5.85. The Labute approximate surface area is 155 Å². The van der Waals surface area contributed by atoms with Gasteiger partial charge < -0.3 is 15.0 Å². The number of ether oxygens (including phenoxy) is 1. The Morgan fingerprint density at radius 1 is 1.23 bits per heavy atom. The van der Waals surface area contributed by atoms with Crippen molar-refractivity contribution in [2.24, 2.45) is 0 Å². The van der Waals surface area contributed by atoms with Crippen molar-refractivity contribution in [1.82, 2.24) is 15.7 Å². The Morgan fingerprint density at radius 3 is 2.38 bits per heavy atom. The van der Waals surface area contributed by atoms with Gasteiger partial charge in [-0.2, -0.15) is 0 Å². The molecule has 1 heterocycles. The molecule has 1 aliphatic rings. The highest BCUT2D eigenvalue weighted by Gasteiger charge is 2.44. The van der Waals surface area contributed by atoms with Gasteiger partial charge in [0, 0.05) is 11.6 Å². The van der Waals surface area contributed by atoms with E-state index in [0.29, 0.717) is 23.1 Å². The number of carbonyl (C=O) groups is 2. The monoisotopic (exact) mass is 375 g/mol. The molecule has 8 heteroatoms. The number of hydrogen-bond acceptors (Lipinski definition) is 4. The number of halogens is 1. The molecule has 0 bridgehead atoms. The molecule has 1 saturated heterocycles. The predicted molar refractivity (Wildman–Crippen MR) is 95.2 cm³/mol. The van der Waals surface area contributed by atoms with Gasteiger partial charge in [0.05, 0.1) is 6.54 Å². The zero-order valence-electron chi connectivity index (χ0n) is 14.0. The Hall–Kier alpha value is -2.77. The number of nitrogens with zero attached hydrogens (tertiary/aromatic N) is 1. The highest BCUT2D eigenvalue weighted by Crippen LogP contribution is 2.24. The fourth-order valence-corrected chi connectivity index (χ4v) is 2.84. The Morgan fingerprint density at radius 2 is 1.81 bits per heavy atom. The quantitative estimate of drug-likeness (QED) is 0.553. The summed E-state index contributed by atoms with van der Waals surface area (Å²) in [4.78, 5) is 25.3. The molecule has 0 radical (unpaired) electrons. The minimum atomic E-state index is -1.16. The molecule has 0 saturated carbocycles. The average Bonchev–Trinajstić information content (AvgIpc) is 2.92. The highest BCUT2D eigenvalue weighted by molar-refractivity contribution is 6.30. The maximum atomic E-state index is 12.1. The van der Waals surface area contributed by atoms with E-state index in [4.69, 9.17) is 21.5 Å². The topological polar surface area (TPSA) is 90.9 Å². The van der Waals surface area contributed by atoms with Crippen LogP contribution < -0.4 is 15.5 Å². The molecule has 0 spiro atoms. The molecule has 3 N–H and O–H groups in total. The lowest BCUT2D eigenvalue weighted by Crippen LogP contribution is -2.53. The number of benzene rings is 2. The van der Waals surface area contributed by atoms with Crippen molar-refractivity contribution in [2.45, 2.75) is 19.0 Å². The number of amides is 3. The van der Waals surface area contributed by atoms with Crippen LogP contribution in [0.1, 0.15) is 12.5 Å². The van der Waals surface area contributed by atoms with Gasteiger partial charge in [0.15, 0.2) is 0 Å². The Bertz CT molecular complexity index is 810. The molecule has 26 heavy (non-hydrogen) atoms. The molecular weight excluding hydrogens is 358 g/mol. The number of urea groups is 1. The summed E-state index contributed by atoms with van der Waals surface area (Å²) in [6, 6.07) is 14.0. The van der Waals surface area contributed by atoms with Gasteiger partial charge in [-0.3, -0.25) is 10.0 Å². The Balaban J connectivity index is 1.63. The molecule has 2 aromatic carbocycles. The van der Waals surface area contributed by atoms with Crippen LogP contribution in [0.25, 0.3) is 0 Å². The first-order valence-corrected chi connectivity index (χ1v) is 8.31. The van der Waals surface area contributed by atoms with Crippen LogP contribution in [0.4, 0.5) is 4.79 Å². The van der Waals surface area contributed by atoms with E-state index in [1.165, 1.54) is 4.90 Å². The lowest BCUT2D eigenvalue weighted by atomic mass is 10.0. The van der Waals surface area contributed by atoms with Gasteiger partial charge in [-0.05, 0) is 48.9 Å². The fourth-order valence-electron chi connectivity index (χ4n) is 2.71. The van der Waals surface area contributed by atoms with E-state index >= 15 is 0 Å². The zero-order chi connectivity index (χ0) is 18.7. The summed E-state index contributed by atoms with van der Waals surface area (Å²) < 4.78 is 5.73. The van der Waals surface area contributed by atoms with Crippen molar-refractivity contribution in [2.75, 3.05) is 6.54 Å². The van der Waals surface area contributed by atoms with Crippen LogP contribution in [0.3, 0.4) is 0 Å². The molecule has 0 aliphatic carbocycles. The third-order valence-corrected chi connectivity index (χ3v) is 4.38. The van der Waals surface area contributed by atoms with Crippen LogP contribution in [-0.2, 0) is 11.3 Å². The van der Waals surface area contributed by atoms with E-state index in [1.807, 2.05) is 12.1 Å². The van der Waals surface area contributed by atoms with Gasteiger partial charge in [-0.15, -0.1) is 0 Å². The van der Waals surface area contributed by atoms with Crippen LogP contribution >= 0.6 is 11.6 Å². The van der Waals surface area contributed by atoms with E-state index < -0.39 is 11.4 Å². The summed E-state index contributed by atoms with van der Waals surface area (Å²) in [5.74, 6) is 0.679. The first-order chi connectivity index (χ1) is 12.4. The zero-order valence-corrected chi connectivity index (χ0v) is 14.8. The van der Waals surface area contributed by atoms with Gasteiger partial charge >= 0.3 is 6.03 Å². The van der Waals surface area contributed by atoms with Crippen molar-refractivity contribution in [3.05, 3.63) is 59.1 Å². The van der Waals surface area contributed by atoms with Crippen LogP contribution in [0, 0.1) is 0 Å². The van der Waals surface area contributed by atoms with Gasteiger partial charge in [-0.25, -0.2) is 10.3 Å². The van der Waals surface area contributed by atoms with E-state index in [0.717, 1.165) is 5.56 Å². The molecule has 1 atom stereocenters. The fraction of sp³-hybridized carbons (Fsp3) is 0.222. The molecule has 136 valence electrons.